The highest BCUT2D eigenvalue weighted by Crippen LogP contribution is 2.15. The summed E-state index contributed by atoms with van der Waals surface area (Å²) in [7, 11) is 1.73. The summed E-state index contributed by atoms with van der Waals surface area (Å²) >= 11 is 0. The number of rotatable bonds is 7. The van der Waals surface area contributed by atoms with Gasteiger partial charge >= 0.3 is 0 Å². The molecule has 1 aliphatic heterocycles. The first-order valence-corrected chi connectivity index (χ1v) is 5.82. The Kier molecular flexibility index (Phi) is 6.17. The van der Waals surface area contributed by atoms with Crippen molar-refractivity contribution in [1.29, 1.82) is 0 Å². The molecule has 0 radical (unpaired) electrons. The van der Waals surface area contributed by atoms with Gasteiger partial charge in [-0.15, -0.1) is 0 Å². The van der Waals surface area contributed by atoms with Crippen molar-refractivity contribution in [2.75, 3.05) is 46.6 Å². The third-order valence-electron chi connectivity index (χ3n) is 3.10. The van der Waals surface area contributed by atoms with Crippen LogP contribution < -0.4 is 5.73 Å². The first kappa shape index (κ1) is 12.9. The summed E-state index contributed by atoms with van der Waals surface area (Å²) in [5.74, 6) is 0.543. The SMILES string of the molecule is CCN(CCOC)CC(N)C1CCOC1. The molecule has 1 fully saturated rings. The van der Waals surface area contributed by atoms with Gasteiger partial charge in [-0.05, 0) is 13.0 Å². The molecule has 4 heteroatoms. The molecule has 0 aromatic rings. The van der Waals surface area contributed by atoms with Crippen LogP contribution in [0.2, 0.25) is 0 Å². The zero-order chi connectivity index (χ0) is 11.1. The molecular weight excluding hydrogens is 192 g/mol. The molecule has 1 rings (SSSR count). The molecule has 1 aliphatic rings. The van der Waals surface area contributed by atoms with Gasteiger partial charge in [-0.25, -0.2) is 0 Å². The van der Waals surface area contributed by atoms with Crippen LogP contribution >= 0.6 is 0 Å². The molecule has 1 saturated heterocycles. The number of nitrogens with zero attached hydrogens (tertiary/aromatic N) is 1. The van der Waals surface area contributed by atoms with E-state index in [0.717, 1.165) is 45.9 Å². The lowest BCUT2D eigenvalue weighted by molar-refractivity contribution is 0.136. The molecule has 0 spiro atoms. The maximum absolute atomic E-state index is 6.16. The van der Waals surface area contributed by atoms with E-state index in [-0.39, 0.29) is 6.04 Å². The number of methoxy groups -OCH3 is 1. The van der Waals surface area contributed by atoms with Gasteiger partial charge in [0, 0.05) is 38.8 Å². The molecule has 0 aromatic carbocycles. The topological polar surface area (TPSA) is 47.7 Å². The Bertz CT molecular complexity index is 161. The van der Waals surface area contributed by atoms with Gasteiger partial charge in [-0.3, -0.25) is 4.90 Å². The first-order chi connectivity index (χ1) is 7.27. The molecule has 0 aromatic heterocycles. The van der Waals surface area contributed by atoms with E-state index in [9.17, 15) is 0 Å². The molecule has 0 amide bonds. The summed E-state index contributed by atoms with van der Waals surface area (Å²) in [5.41, 5.74) is 6.16. The van der Waals surface area contributed by atoms with Gasteiger partial charge in [0.25, 0.3) is 0 Å². The second-order valence-electron chi connectivity index (χ2n) is 4.17. The van der Waals surface area contributed by atoms with Gasteiger partial charge in [0.2, 0.25) is 0 Å². The molecule has 4 nitrogen and oxygen atoms in total. The molecule has 2 atom stereocenters. The van der Waals surface area contributed by atoms with E-state index >= 15 is 0 Å². The zero-order valence-corrected chi connectivity index (χ0v) is 9.95. The van der Waals surface area contributed by atoms with Crippen molar-refractivity contribution in [3.05, 3.63) is 0 Å². The van der Waals surface area contributed by atoms with Crippen LogP contribution in [0.1, 0.15) is 13.3 Å². The molecule has 2 unspecified atom stereocenters. The van der Waals surface area contributed by atoms with E-state index in [0.29, 0.717) is 5.92 Å². The monoisotopic (exact) mass is 216 g/mol. The van der Waals surface area contributed by atoms with Crippen LogP contribution in [-0.2, 0) is 9.47 Å². The highest BCUT2D eigenvalue weighted by molar-refractivity contribution is 4.79. The Labute approximate surface area is 92.7 Å². The smallest absolute Gasteiger partial charge is 0.0589 e. The average Bonchev–Trinajstić information content (AvgIpc) is 2.77. The summed E-state index contributed by atoms with van der Waals surface area (Å²) in [6.45, 7) is 7.60. The largest absolute Gasteiger partial charge is 0.383 e. The molecule has 0 bridgehead atoms. The Morgan fingerprint density at radius 1 is 1.60 bits per heavy atom. The summed E-state index contributed by atoms with van der Waals surface area (Å²) in [4.78, 5) is 2.34. The minimum Gasteiger partial charge on any atom is -0.383 e. The van der Waals surface area contributed by atoms with Crippen LogP contribution in [-0.4, -0.2) is 57.5 Å². The number of nitrogens with two attached hydrogens (primary N) is 1. The van der Waals surface area contributed by atoms with Gasteiger partial charge in [0.15, 0.2) is 0 Å². The molecule has 1 heterocycles. The third kappa shape index (κ3) is 4.47. The van der Waals surface area contributed by atoms with Crippen molar-refractivity contribution in [2.45, 2.75) is 19.4 Å². The Morgan fingerprint density at radius 3 is 2.93 bits per heavy atom. The number of ether oxygens (including phenoxy) is 2. The predicted molar refractivity (Wildman–Crippen MR) is 60.9 cm³/mol. The predicted octanol–water partition coefficient (Wildman–Crippen LogP) is 0.319. The van der Waals surface area contributed by atoms with Gasteiger partial charge in [0.05, 0.1) is 13.2 Å². The van der Waals surface area contributed by atoms with Crippen molar-refractivity contribution in [2.24, 2.45) is 11.7 Å². The zero-order valence-electron chi connectivity index (χ0n) is 9.95. The Morgan fingerprint density at radius 2 is 2.40 bits per heavy atom. The number of hydrogen-bond donors (Lipinski definition) is 1. The third-order valence-corrected chi connectivity index (χ3v) is 3.10. The van der Waals surface area contributed by atoms with Gasteiger partial charge < -0.3 is 15.2 Å². The summed E-state index contributed by atoms with van der Waals surface area (Å²) in [5, 5.41) is 0. The van der Waals surface area contributed by atoms with Crippen LogP contribution in [0.4, 0.5) is 0 Å². The van der Waals surface area contributed by atoms with Gasteiger partial charge in [-0.1, -0.05) is 6.92 Å². The Balaban J connectivity index is 2.23. The van der Waals surface area contributed by atoms with E-state index in [1.54, 1.807) is 7.11 Å². The lowest BCUT2D eigenvalue weighted by Gasteiger charge is -2.26. The van der Waals surface area contributed by atoms with Crippen LogP contribution in [0, 0.1) is 5.92 Å². The standard InChI is InChI=1S/C11H24N2O2/c1-3-13(5-7-14-2)8-11(12)10-4-6-15-9-10/h10-11H,3-9,12H2,1-2H3. The van der Waals surface area contributed by atoms with Gasteiger partial charge in [-0.2, -0.15) is 0 Å². The summed E-state index contributed by atoms with van der Waals surface area (Å²) in [6, 6.07) is 0.240. The fourth-order valence-corrected chi connectivity index (χ4v) is 1.94. The van der Waals surface area contributed by atoms with Crippen molar-refractivity contribution < 1.29 is 9.47 Å². The molecule has 15 heavy (non-hydrogen) atoms. The minimum atomic E-state index is 0.240. The quantitative estimate of drug-likeness (QED) is 0.666. The van der Waals surface area contributed by atoms with Gasteiger partial charge in [0.1, 0.15) is 0 Å². The van der Waals surface area contributed by atoms with Crippen molar-refractivity contribution in [1.82, 2.24) is 4.90 Å². The fourth-order valence-electron chi connectivity index (χ4n) is 1.94. The minimum absolute atomic E-state index is 0.240. The normalized spacial score (nSPS) is 23.6. The molecule has 0 aliphatic carbocycles. The van der Waals surface area contributed by atoms with Crippen molar-refractivity contribution >= 4 is 0 Å². The summed E-state index contributed by atoms with van der Waals surface area (Å²) < 4.78 is 10.4. The number of hydrogen-bond acceptors (Lipinski definition) is 4. The van der Waals surface area contributed by atoms with Crippen molar-refractivity contribution in [3.8, 4) is 0 Å². The lowest BCUT2D eigenvalue weighted by atomic mass is 9.99. The highest BCUT2D eigenvalue weighted by Gasteiger charge is 2.23. The highest BCUT2D eigenvalue weighted by atomic mass is 16.5. The van der Waals surface area contributed by atoms with E-state index in [4.69, 9.17) is 15.2 Å². The van der Waals surface area contributed by atoms with E-state index in [1.807, 2.05) is 0 Å². The lowest BCUT2D eigenvalue weighted by Crippen LogP contribution is -2.43. The molecular formula is C11H24N2O2. The second kappa shape index (κ2) is 7.17. The fraction of sp³-hybridized carbons (Fsp3) is 1.00. The molecule has 90 valence electrons. The maximum atomic E-state index is 6.16. The average molecular weight is 216 g/mol. The number of likely N-dealkylation sites (N-methyl/N-ethyl adjacent to an activating group) is 1. The molecule has 2 N–H and O–H groups in total. The van der Waals surface area contributed by atoms with Crippen molar-refractivity contribution in [3.63, 3.8) is 0 Å². The summed E-state index contributed by atoms with van der Waals surface area (Å²) in [6.07, 6.45) is 1.11. The van der Waals surface area contributed by atoms with Crippen LogP contribution in [0.5, 0.6) is 0 Å². The van der Waals surface area contributed by atoms with Crippen LogP contribution in [0.25, 0.3) is 0 Å². The second-order valence-corrected chi connectivity index (χ2v) is 4.17. The molecule has 0 saturated carbocycles. The van der Waals surface area contributed by atoms with Crippen LogP contribution in [0.15, 0.2) is 0 Å². The van der Waals surface area contributed by atoms with E-state index in [1.165, 1.54) is 0 Å². The van der Waals surface area contributed by atoms with Crippen LogP contribution in [0.3, 0.4) is 0 Å². The Hall–Kier alpha value is -0.160. The van der Waals surface area contributed by atoms with E-state index < -0.39 is 0 Å². The maximum Gasteiger partial charge on any atom is 0.0589 e. The first-order valence-electron chi connectivity index (χ1n) is 5.82. The van der Waals surface area contributed by atoms with E-state index in [2.05, 4.69) is 11.8 Å².